The topological polar surface area (TPSA) is 77.2 Å². The molecule has 5 nitrogen and oxygen atoms in total. The van der Waals surface area contributed by atoms with E-state index < -0.39 is 0 Å². The van der Waals surface area contributed by atoms with Crippen LogP contribution < -0.4 is 15.8 Å². The third-order valence-corrected chi connectivity index (χ3v) is 4.00. The number of rotatable bonds is 8. The molecule has 0 fully saturated rings. The molecule has 6 heteroatoms. The highest BCUT2D eigenvalue weighted by molar-refractivity contribution is 7.09. The zero-order valence-electron chi connectivity index (χ0n) is 13.5. The molecule has 0 saturated carbocycles. The summed E-state index contributed by atoms with van der Waals surface area (Å²) in [6, 6.07) is 7.37. The van der Waals surface area contributed by atoms with Gasteiger partial charge >= 0.3 is 0 Å². The van der Waals surface area contributed by atoms with Gasteiger partial charge < -0.3 is 15.8 Å². The van der Waals surface area contributed by atoms with E-state index in [9.17, 15) is 4.79 Å². The minimum atomic E-state index is -0.0711. The molecule has 2 aromatic rings. The quantitative estimate of drug-likeness (QED) is 0.778. The van der Waals surface area contributed by atoms with Crippen LogP contribution in [0.1, 0.15) is 31.0 Å². The maximum atomic E-state index is 12.1. The van der Waals surface area contributed by atoms with Gasteiger partial charge in [0.1, 0.15) is 5.75 Å². The molecular formula is C17H23N3O2S. The van der Waals surface area contributed by atoms with Crippen LogP contribution in [0, 0.1) is 0 Å². The van der Waals surface area contributed by atoms with Crippen molar-refractivity contribution in [3.05, 3.63) is 40.3 Å². The molecule has 0 aliphatic heterocycles. The Bertz CT molecular complexity index is 623. The van der Waals surface area contributed by atoms with Gasteiger partial charge in [-0.3, -0.25) is 4.79 Å². The Morgan fingerprint density at radius 2 is 2.09 bits per heavy atom. The molecule has 23 heavy (non-hydrogen) atoms. The minimum absolute atomic E-state index is 0.0711. The van der Waals surface area contributed by atoms with Crippen molar-refractivity contribution in [2.24, 2.45) is 5.73 Å². The number of nitrogens with one attached hydrogen (secondary N) is 1. The second-order valence-electron chi connectivity index (χ2n) is 5.54. The van der Waals surface area contributed by atoms with Crippen molar-refractivity contribution in [2.45, 2.75) is 39.2 Å². The molecule has 0 atom stereocenters. The van der Waals surface area contributed by atoms with Gasteiger partial charge in [0, 0.05) is 17.5 Å². The number of hydrogen-bond donors (Lipinski definition) is 2. The monoisotopic (exact) mass is 333 g/mol. The summed E-state index contributed by atoms with van der Waals surface area (Å²) in [7, 11) is 0. The Labute approximate surface area is 140 Å². The van der Waals surface area contributed by atoms with Gasteiger partial charge in [-0.1, -0.05) is 0 Å². The van der Waals surface area contributed by atoms with Gasteiger partial charge in [0.15, 0.2) is 0 Å². The molecule has 1 heterocycles. The highest BCUT2D eigenvalue weighted by Gasteiger charge is 2.08. The fourth-order valence-electron chi connectivity index (χ4n) is 2.06. The first-order valence-electron chi connectivity index (χ1n) is 7.76. The number of amides is 1. The van der Waals surface area contributed by atoms with Crippen molar-refractivity contribution in [3.63, 3.8) is 0 Å². The maximum Gasteiger partial charge on any atom is 0.230 e. The number of aromatic nitrogens is 1. The molecule has 0 aliphatic carbocycles. The molecule has 124 valence electrons. The fourth-order valence-corrected chi connectivity index (χ4v) is 2.90. The summed E-state index contributed by atoms with van der Waals surface area (Å²) < 4.78 is 5.57. The third-order valence-electron chi connectivity index (χ3n) is 3.05. The van der Waals surface area contributed by atoms with Crippen LogP contribution in [0.2, 0.25) is 0 Å². The van der Waals surface area contributed by atoms with Crippen LogP contribution >= 0.6 is 11.3 Å². The van der Waals surface area contributed by atoms with Crippen LogP contribution in [0.25, 0.3) is 0 Å². The van der Waals surface area contributed by atoms with Gasteiger partial charge in [-0.05, 0) is 51.1 Å². The minimum Gasteiger partial charge on any atom is -0.491 e. The summed E-state index contributed by atoms with van der Waals surface area (Å²) in [6.07, 6.45) is 2.21. The number of aryl methyl sites for hydroxylation is 1. The maximum absolute atomic E-state index is 12.1. The van der Waals surface area contributed by atoms with E-state index >= 15 is 0 Å². The molecular weight excluding hydrogens is 310 g/mol. The summed E-state index contributed by atoms with van der Waals surface area (Å²) in [4.78, 5) is 16.5. The van der Waals surface area contributed by atoms with Gasteiger partial charge in [0.05, 0.1) is 23.2 Å². The first kappa shape index (κ1) is 17.4. The molecule has 0 bridgehead atoms. The number of carbonyl (C=O) groups is 1. The molecule has 0 aliphatic rings. The van der Waals surface area contributed by atoms with Crippen LogP contribution in [0.4, 0.5) is 5.69 Å². The average Bonchev–Trinajstić information content (AvgIpc) is 2.94. The van der Waals surface area contributed by atoms with Crippen LogP contribution in [-0.4, -0.2) is 23.5 Å². The Hall–Kier alpha value is -1.92. The van der Waals surface area contributed by atoms with Gasteiger partial charge in [-0.2, -0.15) is 0 Å². The lowest BCUT2D eigenvalue weighted by atomic mass is 10.2. The summed E-state index contributed by atoms with van der Waals surface area (Å²) >= 11 is 1.58. The van der Waals surface area contributed by atoms with Crippen LogP contribution in [0.5, 0.6) is 5.75 Å². The van der Waals surface area contributed by atoms with Crippen molar-refractivity contribution in [3.8, 4) is 5.75 Å². The van der Waals surface area contributed by atoms with Gasteiger partial charge in [0.2, 0.25) is 5.91 Å². The lowest BCUT2D eigenvalue weighted by Gasteiger charge is -2.10. The van der Waals surface area contributed by atoms with Crippen LogP contribution in [0.15, 0.2) is 29.6 Å². The van der Waals surface area contributed by atoms with Crippen molar-refractivity contribution in [1.82, 2.24) is 4.98 Å². The number of carbonyl (C=O) groups excluding carboxylic acids is 1. The van der Waals surface area contributed by atoms with E-state index in [2.05, 4.69) is 10.3 Å². The summed E-state index contributed by atoms with van der Waals surface area (Å²) in [6.45, 7) is 4.61. The number of benzene rings is 1. The van der Waals surface area contributed by atoms with E-state index in [1.807, 2.05) is 43.5 Å². The molecule has 1 aromatic carbocycles. The van der Waals surface area contributed by atoms with E-state index in [1.54, 1.807) is 11.3 Å². The van der Waals surface area contributed by atoms with E-state index in [0.29, 0.717) is 6.54 Å². The molecule has 0 spiro atoms. The van der Waals surface area contributed by atoms with Crippen LogP contribution in [0.3, 0.4) is 0 Å². The van der Waals surface area contributed by atoms with Crippen molar-refractivity contribution in [1.29, 1.82) is 0 Å². The third kappa shape index (κ3) is 6.00. The molecule has 1 aromatic heterocycles. The summed E-state index contributed by atoms with van der Waals surface area (Å²) in [5, 5.41) is 5.84. The smallest absolute Gasteiger partial charge is 0.230 e. The first-order chi connectivity index (χ1) is 11.1. The average molecular weight is 333 g/mol. The Morgan fingerprint density at radius 1 is 1.35 bits per heavy atom. The molecule has 0 saturated heterocycles. The molecule has 0 unspecified atom stereocenters. The fraction of sp³-hybridized carbons (Fsp3) is 0.412. The number of ether oxygens (including phenoxy) is 1. The standard InChI is InChI=1S/C17H23N3O2S/c1-12(2)22-15-7-5-13(6-8-15)19-16(21)10-14-11-23-17(20-14)4-3-9-18/h5-8,11-12H,3-4,9-10,18H2,1-2H3,(H,19,21). The van der Waals surface area contributed by atoms with Crippen molar-refractivity contribution in [2.75, 3.05) is 11.9 Å². The Kier molecular flexibility index (Phi) is 6.55. The Morgan fingerprint density at radius 3 is 2.74 bits per heavy atom. The second kappa shape index (κ2) is 8.64. The Balaban J connectivity index is 1.85. The van der Waals surface area contributed by atoms with Gasteiger partial charge in [-0.25, -0.2) is 4.98 Å². The number of thiazole rings is 1. The largest absolute Gasteiger partial charge is 0.491 e. The predicted molar refractivity (Wildman–Crippen MR) is 94.0 cm³/mol. The van der Waals surface area contributed by atoms with Crippen molar-refractivity contribution >= 4 is 22.9 Å². The predicted octanol–water partition coefficient (Wildman–Crippen LogP) is 3.00. The highest BCUT2D eigenvalue weighted by atomic mass is 32.1. The number of nitrogens with zero attached hydrogens (tertiary/aromatic N) is 1. The number of anilines is 1. The van der Waals surface area contributed by atoms with Crippen LogP contribution in [-0.2, 0) is 17.6 Å². The summed E-state index contributed by atoms with van der Waals surface area (Å²) in [5.74, 6) is 0.722. The second-order valence-corrected chi connectivity index (χ2v) is 6.48. The van der Waals surface area contributed by atoms with E-state index in [-0.39, 0.29) is 18.4 Å². The number of nitrogens with two attached hydrogens (primary N) is 1. The summed E-state index contributed by atoms with van der Waals surface area (Å²) in [5.41, 5.74) is 7.05. The van der Waals surface area contributed by atoms with Gasteiger partial charge in [0.25, 0.3) is 0 Å². The zero-order valence-corrected chi connectivity index (χ0v) is 14.4. The molecule has 2 rings (SSSR count). The van der Waals surface area contributed by atoms with Crippen molar-refractivity contribution < 1.29 is 9.53 Å². The molecule has 0 radical (unpaired) electrons. The normalized spacial score (nSPS) is 10.8. The van der Waals surface area contributed by atoms with E-state index in [4.69, 9.17) is 10.5 Å². The lowest BCUT2D eigenvalue weighted by molar-refractivity contribution is -0.115. The van der Waals surface area contributed by atoms with Gasteiger partial charge in [-0.15, -0.1) is 11.3 Å². The molecule has 3 N–H and O–H groups in total. The molecule has 1 amide bonds. The highest BCUT2D eigenvalue weighted by Crippen LogP contribution is 2.17. The van der Waals surface area contributed by atoms with E-state index in [0.717, 1.165) is 35.0 Å². The first-order valence-corrected chi connectivity index (χ1v) is 8.64. The number of hydrogen-bond acceptors (Lipinski definition) is 5. The lowest BCUT2D eigenvalue weighted by Crippen LogP contribution is -2.14. The zero-order chi connectivity index (χ0) is 16.7. The van der Waals surface area contributed by atoms with E-state index in [1.165, 1.54) is 0 Å². The SMILES string of the molecule is CC(C)Oc1ccc(NC(=O)Cc2csc(CCCN)n2)cc1.